The maximum atomic E-state index is 5.77. The fourth-order valence-corrected chi connectivity index (χ4v) is 2.88. The number of hydrogen-bond donors (Lipinski definition) is 1. The van der Waals surface area contributed by atoms with Gasteiger partial charge in [0.1, 0.15) is 0 Å². The van der Waals surface area contributed by atoms with Crippen LogP contribution in [0.1, 0.15) is 6.42 Å². The number of anilines is 2. The van der Waals surface area contributed by atoms with Gasteiger partial charge in [-0.1, -0.05) is 0 Å². The molecule has 0 radical (unpaired) electrons. The van der Waals surface area contributed by atoms with Crippen LogP contribution in [0.5, 0.6) is 0 Å². The number of nitrogen functional groups attached to an aromatic ring is 1. The van der Waals surface area contributed by atoms with Gasteiger partial charge in [-0.25, -0.2) is 9.97 Å². The van der Waals surface area contributed by atoms with E-state index >= 15 is 0 Å². The zero-order valence-electron chi connectivity index (χ0n) is 8.18. The molecule has 2 N–H and O–H groups in total. The number of aromatic nitrogens is 2. The molecular weight excluding hydrogens is 196 g/mol. The molecule has 0 aromatic carbocycles. The Kier molecular flexibility index (Phi) is 2.77. The highest BCUT2D eigenvalue weighted by atomic mass is 32.2. The molecule has 1 aliphatic heterocycles. The summed E-state index contributed by atoms with van der Waals surface area (Å²) in [5.74, 6) is 3.72. The van der Waals surface area contributed by atoms with Crippen molar-refractivity contribution in [3.05, 3.63) is 12.4 Å². The minimum absolute atomic E-state index is 0.520. The van der Waals surface area contributed by atoms with Crippen molar-refractivity contribution in [2.24, 2.45) is 0 Å². The van der Waals surface area contributed by atoms with E-state index in [-0.39, 0.29) is 0 Å². The molecule has 0 spiro atoms. The highest BCUT2D eigenvalue weighted by Crippen LogP contribution is 2.26. The van der Waals surface area contributed by atoms with Gasteiger partial charge in [-0.2, -0.15) is 11.8 Å². The van der Waals surface area contributed by atoms with Gasteiger partial charge in [0.05, 0.1) is 0 Å². The molecule has 0 bridgehead atoms. The van der Waals surface area contributed by atoms with Crippen LogP contribution < -0.4 is 10.6 Å². The molecule has 1 unspecified atom stereocenters. The van der Waals surface area contributed by atoms with Crippen LogP contribution in [0.25, 0.3) is 0 Å². The number of nitrogens with two attached hydrogens (primary N) is 1. The van der Waals surface area contributed by atoms with Gasteiger partial charge in [-0.05, 0) is 12.2 Å². The Hall–Kier alpha value is -0.970. The average Bonchev–Trinajstić information content (AvgIpc) is 2.70. The molecule has 0 amide bonds. The maximum Gasteiger partial charge on any atom is 0.171 e. The van der Waals surface area contributed by atoms with Gasteiger partial charge in [0, 0.05) is 31.2 Å². The molecule has 2 heterocycles. The summed E-state index contributed by atoms with van der Waals surface area (Å²) in [7, 11) is 2.04. The van der Waals surface area contributed by atoms with E-state index in [0.29, 0.717) is 11.9 Å². The summed E-state index contributed by atoms with van der Waals surface area (Å²) in [5, 5.41) is 0. The third kappa shape index (κ3) is 1.77. The summed E-state index contributed by atoms with van der Waals surface area (Å²) in [6.45, 7) is 0. The van der Waals surface area contributed by atoms with Gasteiger partial charge in [0.25, 0.3) is 0 Å². The normalized spacial score (nSPS) is 21.1. The molecule has 5 heteroatoms. The second-order valence-electron chi connectivity index (χ2n) is 3.39. The standard InChI is InChI=1S/C9H14N4S/c1-13(7-2-5-14-6-7)9-8(10)11-3-4-12-9/h3-4,7H,2,5-6H2,1H3,(H2,10,11). The van der Waals surface area contributed by atoms with Crippen molar-refractivity contribution in [2.45, 2.75) is 12.5 Å². The van der Waals surface area contributed by atoms with Crippen molar-refractivity contribution in [1.29, 1.82) is 0 Å². The molecular formula is C9H14N4S. The maximum absolute atomic E-state index is 5.77. The second-order valence-corrected chi connectivity index (χ2v) is 4.54. The Bertz CT molecular complexity index is 311. The molecule has 1 aromatic heterocycles. The largest absolute Gasteiger partial charge is 0.381 e. The van der Waals surface area contributed by atoms with E-state index in [1.807, 2.05) is 18.8 Å². The van der Waals surface area contributed by atoms with Crippen molar-refractivity contribution >= 4 is 23.4 Å². The van der Waals surface area contributed by atoms with Crippen LogP contribution in [0.3, 0.4) is 0 Å². The Morgan fingerprint density at radius 2 is 2.29 bits per heavy atom. The fourth-order valence-electron chi connectivity index (χ4n) is 1.61. The van der Waals surface area contributed by atoms with Crippen molar-refractivity contribution in [2.75, 3.05) is 29.2 Å². The highest BCUT2D eigenvalue weighted by molar-refractivity contribution is 7.99. The van der Waals surface area contributed by atoms with Crippen LogP contribution in [0.4, 0.5) is 11.6 Å². The third-order valence-corrected chi connectivity index (χ3v) is 3.64. The van der Waals surface area contributed by atoms with Crippen LogP contribution in [0.15, 0.2) is 12.4 Å². The van der Waals surface area contributed by atoms with E-state index < -0.39 is 0 Å². The van der Waals surface area contributed by atoms with E-state index in [0.717, 1.165) is 11.6 Å². The van der Waals surface area contributed by atoms with Crippen LogP contribution in [-0.2, 0) is 0 Å². The summed E-state index contributed by atoms with van der Waals surface area (Å²) in [5.41, 5.74) is 5.77. The van der Waals surface area contributed by atoms with Crippen molar-refractivity contribution in [3.63, 3.8) is 0 Å². The first kappa shape index (κ1) is 9.58. The zero-order chi connectivity index (χ0) is 9.97. The van der Waals surface area contributed by atoms with Gasteiger partial charge >= 0.3 is 0 Å². The van der Waals surface area contributed by atoms with Gasteiger partial charge in [-0.3, -0.25) is 0 Å². The number of hydrogen-bond acceptors (Lipinski definition) is 5. The van der Waals surface area contributed by atoms with Crippen LogP contribution in [0.2, 0.25) is 0 Å². The first-order chi connectivity index (χ1) is 6.79. The molecule has 1 atom stereocenters. The van der Waals surface area contributed by atoms with Crippen molar-refractivity contribution < 1.29 is 0 Å². The molecule has 4 nitrogen and oxygen atoms in total. The molecule has 1 fully saturated rings. The lowest BCUT2D eigenvalue weighted by molar-refractivity contribution is 0.691. The van der Waals surface area contributed by atoms with Gasteiger partial charge < -0.3 is 10.6 Å². The quantitative estimate of drug-likeness (QED) is 0.789. The summed E-state index contributed by atoms with van der Waals surface area (Å²) in [6.07, 6.45) is 4.51. The topological polar surface area (TPSA) is 55.0 Å². The summed E-state index contributed by atoms with van der Waals surface area (Å²) in [4.78, 5) is 10.4. The van der Waals surface area contributed by atoms with Gasteiger partial charge in [0.15, 0.2) is 11.6 Å². The van der Waals surface area contributed by atoms with Crippen molar-refractivity contribution in [1.82, 2.24) is 9.97 Å². The van der Waals surface area contributed by atoms with E-state index in [1.165, 1.54) is 12.2 Å². The Labute approximate surface area is 87.9 Å². The molecule has 1 saturated heterocycles. The lowest BCUT2D eigenvalue weighted by Gasteiger charge is -2.25. The predicted octanol–water partition coefficient (Wildman–Crippen LogP) is 1.00. The minimum atomic E-state index is 0.520. The number of thioether (sulfide) groups is 1. The Morgan fingerprint density at radius 1 is 1.50 bits per heavy atom. The third-order valence-electron chi connectivity index (χ3n) is 2.49. The summed E-state index contributed by atoms with van der Waals surface area (Å²) >= 11 is 1.98. The lowest BCUT2D eigenvalue weighted by Crippen LogP contribution is -2.32. The molecule has 1 aromatic rings. The highest BCUT2D eigenvalue weighted by Gasteiger charge is 2.22. The van der Waals surface area contributed by atoms with E-state index in [9.17, 15) is 0 Å². The smallest absolute Gasteiger partial charge is 0.171 e. The minimum Gasteiger partial charge on any atom is -0.381 e. The van der Waals surface area contributed by atoms with Gasteiger partial charge in [-0.15, -0.1) is 0 Å². The van der Waals surface area contributed by atoms with Crippen LogP contribution in [-0.4, -0.2) is 34.6 Å². The van der Waals surface area contributed by atoms with E-state index in [1.54, 1.807) is 12.4 Å². The molecule has 0 saturated carbocycles. The van der Waals surface area contributed by atoms with Crippen molar-refractivity contribution in [3.8, 4) is 0 Å². The van der Waals surface area contributed by atoms with E-state index in [2.05, 4.69) is 14.9 Å². The molecule has 0 aliphatic carbocycles. The fraction of sp³-hybridized carbons (Fsp3) is 0.556. The first-order valence-electron chi connectivity index (χ1n) is 4.66. The Balaban J connectivity index is 2.17. The molecule has 76 valence electrons. The number of rotatable bonds is 2. The second kappa shape index (κ2) is 4.04. The number of nitrogens with zero attached hydrogens (tertiary/aromatic N) is 3. The first-order valence-corrected chi connectivity index (χ1v) is 5.81. The molecule has 1 aliphatic rings. The molecule has 2 rings (SSSR count). The van der Waals surface area contributed by atoms with Gasteiger partial charge in [0.2, 0.25) is 0 Å². The van der Waals surface area contributed by atoms with E-state index in [4.69, 9.17) is 5.73 Å². The van der Waals surface area contributed by atoms with Crippen LogP contribution >= 0.6 is 11.8 Å². The zero-order valence-corrected chi connectivity index (χ0v) is 9.00. The SMILES string of the molecule is CN(c1nccnc1N)C1CCSC1. The summed E-state index contributed by atoms with van der Waals surface area (Å²) < 4.78 is 0. The Morgan fingerprint density at radius 3 is 2.93 bits per heavy atom. The molecule has 14 heavy (non-hydrogen) atoms. The van der Waals surface area contributed by atoms with Crippen LogP contribution in [0, 0.1) is 0 Å². The average molecular weight is 210 g/mol. The lowest BCUT2D eigenvalue weighted by atomic mass is 10.2. The monoisotopic (exact) mass is 210 g/mol. The summed E-state index contributed by atoms with van der Waals surface area (Å²) in [6, 6.07) is 0.555. The predicted molar refractivity (Wildman–Crippen MR) is 60.6 cm³/mol.